The first-order valence-corrected chi connectivity index (χ1v) is 6.47. The molecule has 0 radical (unpaired) electrons. The smallest absolute Gasteiger partial charge is 0.125 e. The lowest BCUT2D eigenvalue weighted by molar-refractivity contribution is 0.212. The molecule has 88 valence electrons. The number of halogens is 1. The van der Waals surface area contributed by atoms with Crippen LogP contribution in [0.2, 0.25) is 0 Å². The van der Waals surface area contributed by atoms with E-state index in [1.807, 2.05) is 17.8 Å². The van der Waals surface area contributed by atoms with Crippen LogP contribution in [-0.2, 0) is 0 Å². The summed E-state index contributed by atoms with van der Waals surface area (Å²) in [6.45, 7) is 2.18. The molecule has 1 aromatic rings. The molecule has 1 heterocycles. The number of nitrogens with one attached hydrogen (secondary N) is 1. The molecule has 0 spiro atoms. The Bertz CT molecular complexity index is 374. The highest BCUT2D eigenvalue weighted by Crippen LogP contribution is 2.37. The molecular weight excluding hydrogens is 225 g/mol. The van der Waals surface area contributed by atoms with Crippen LogP contribution in [0.3, 0.4) is 0 Å². The predicted molar refractivity (Wildman–Crippen MR) is 66.4 cm³/mol. The third-order valence-electron chi connectivity index (χ3n) is 3.19. The monoisotopic (exact) mass is 241 g/mol. The summed E-state index contributed by atoms with van der Waals surface area (Å²) in [7, 11) is 0. The third-order valence-corrected chi connectivity index (χ3v) is 4.59. The molecule has 0 saturated carbocycles. The SMILES string of the molecule is CC1SCCC1(CO)Nc1cccc(F)c1. The summed E-state index contributed by atoms with van der Waals surface area (Å²) in [5.74, 6) is 0.778. The van der Waals surface area contributed by atoms with Crippen LogP contribution in [0.25, 0.3) is 0 Å². The van der Waals surface area contributed by atoms with Gasteiger partial charge >= 0.3 is 0 Å². The Morgan fingerprint density at radius 2 is 2.44 bits per heavy atom. The fraction of sp³-hybridized carbons (Fsp3) is 0.500. The number of rotatable bonds is 3. The second-order valence-electron chi connectivity index (χ2n) is 4.21. The first-order valence-electron chi connectivity index (χ1n) is 5.42. The van der Waals surface area contributed by atoms with E-state index in [1.165, 1.54) is 12.1 Å². The van der Waals surface area contributed by atoms with E-state index in [0.717, 1.165) is 17.9 Å². The normalized spacial score (nSPS) is 29.3. The van der Waals surface area contributed by atoms with E-state index in [-0.39, 0.29) is 18.0 Å². The lowest BCUT2D eigenvalue weighted by atomic mass is 9.93. The zero-order valence-corrected chi connectivity index (χ0v) is 10.1. The highest BCUT2D eigenvalue weighted by atomic mass is 32.2. The van der Waals surface area contributed by atoms with Crippen LogP contribution >= 0.6 is 11.8 Å². The Morgan fingerprint density at radius 3 is 3.00 bits per heavy atom. The zero-order valence-electron chi connectivity index (χ0n) is 9.24. The molecule has 0 amide bonds. The van der Waals surface area contributed by atoms with Gasteiger partial charge in [0.1, 0.15) is 5.82 Å². The van der Waals surface area contributed by atoms with Gasteiger partial charge in [0.25, 0.3) is 0 Å². The number of thioether (sulfide) groups is 1. The molecule has 2 nitrogen and oxygen atoms in total. The Morgan fingerprint density at radius 1 is 1.62 bits per heavy atom. The standard InChI is InChI=1S/C12H16FNOS/c1-9-12(8-15,5-6-16-9)14-11-4-2-3-10(13)7-11/h2-4,7,9,14-15H,5-6,8H2,1H3. The maximum Gasteiger partial charge on any atom is 0.125 e. The number of aliphatic hydroxyl groups is 1. The molecule has 1 aliphatic heterocycles. The zero-order chi connectivity index (χ0) is 11.6. The van der Waals surface area contributed by atoms with E-state index in [2.05, 4.69) is 12.2 Å². The van der Waals surface area contributed by atoms with Crippen LogP contribution in [0.15, 0.2) is 24.3 Å². The van der Waals surface area contributed by atoms with Crippen LogP contribution in [0.4, 0.5) is 10.1 Å². The fourth-order valence-electron chi connectivity index (χ4n) is 2.05. The van der Waals surface area contributed by atoms with Crippen LogP contribution in [0.1, 0.15) is 13.3 Å². The van der Waals surface area contributed by atoms with Gasteiger partial charge in [-0.3, -0.25) is 0 Å². The van der Waals surface area contributed by atoms with Crippen molar-refractivity contribution in [2.45, 2.75) is 24.1 Å². The third kappa shape index (κ3) is 2.18. The summed E-state index contributed by atoms with van der Waals surface area (Å²) in [5.41, 5.74) is 0.432. The van der Waals surface area contributed by atoms with Crippen LogP contribution < -0.4 is 5.32 Å². The highest BCUT2D eigenvalue weighted by molar-refractivity contribution is 8.00. The van der Waals surface area contributed by atoms with Gasteiger partial charge in [-0.2, -0.15) is 11.8 Å². The minimum Gasteiger partial charge on any atom is -0.394 e. The van der Waals surface area contributed by atoms with Crippen molar-refractivity contribution in [3.63, 3.8) is 0 Å². The second kappa shape index (κ2) is 4.63. The number of aliphatic hydroxyl groups excluding tert-OH is 1. The lowest BCUT2D eigenvalue weighted by Gasteiger charge is -2.33. The molecule has 0 bridgehead atoms. The predicted octanol–water partition coefficient (Wildman–Crippen LogP) is 2.49. The Balaban J connectivity index is 2.18. The summed E-state index contributed by atoms with van der Waals surface area (Å²) in [6, 6.07) is 6.39. The number of hydrogen-bond acceptors (Lipinski definition) is 3. The van der Waals surface area contributed by atoms with E-state index in [0.29, 0.717) is 5.25 Å². The second-order valence-corrected chi connectivity index (χ2v) is 5.66. The summed E-state index contributed by atoms with van der Waals surface area (Å²) in [5, 5.41) is 13.2. The van der Waals surface area contributed by atoms with Gasteiger partial charge in [-0.1, -0.05) is 13.0 Å². The molecule has 2 unspecified atom stereocenters. The van der Waals surface area contributed by atoms with E-state index in [1.54, 1.807) is 6.07 Å². The van der Waals surface area contributed by atoms with Crippen molar-refractivity contribution in [1.29, 1.82) is 0 Å². The van der Waals surface area contributed by atoms with Crippen LogP contribution in [0, 0.1) is 5.82 Å². The van der Waals surface area contributed by atoms with Crippen molar-refractivity contribution >= 4 is 17.4 Å². The quantitative estimate of drug-likeness (QED) is 0.852. The molecule has 2 atom stereocenters. The van der Waals surface area contributed by atoms with Crippen molar-refractivity contribution in [3.8, 4) is 0 Å². The van der Waals surface area contributed by atoms with Crippen molar-refractivity contribution in [1.82, 2.24) is 0 Å². The van der Waals surface area contributed by atoms with E-state index in [4.69, 9.17) is 0 Å². The number of anilines is 1. The van der Waals surface area contributed by atoms with E-state index >= 15 is 0 Å². The van der Waals surface area contributed by atoms with Crippen molar-refractivity contribution in [2.75, 3.05) is 17.7 Å². The van der Waals surface area contributed by atoms with Gasteiger partial charge in [0.05, 0.1) is 12.1 Å². The molecule has 1 aromatic carbocycles. The molecule has 0 aliphatic carbocycles. The van der Waals surface area contributed by atoms with Gasteiger partial charge in [0, 0.05) is 10.9 Å². The molecule has 4 heteroatoms. The Hall–Kier alpha value is -0.740. The molecule has 1 aliphatic rings. The first kappa shape index (κ1) is 11.7. The molecule has 0 aromatic heterocycles. The van der Waals surface area contributed by atoms with Crippen molar-refractivity contribution in [3.05, 3.63) is 30.1 Å². The van der Waals surface area contributed by atoms with Gasteiger partial charge in [-0.05, 0) is 30.4 Å². The maximum absolute atomic E-state index is 13.1. The van der Waals surface area contributed by atoms with Crippen molar-refractivity contribution in [2.24, 2.45) is 0 Å². The van der Waals surface area contributed by atoms with Gasteiger partial charge in [0.15, 0.2) is 0 Å². The summed E-state index contributed by atoms with van der Waals surface area (Å²) in [6.07, 6.45) is 0.909. The van der Waals surface area contributed by atoms with Gasteiger partial charge in [0.2, 0.25) is 0 Å². The van der Waals surface area contributed by atoms with Crippen molar-refractivity contribution < 1.29 is 9.50 Å². The van der Waals surface area contributed by atoms with E-state index in [9.17, 15) is 9.50 Å². The topological polar surface area (TPSA) is 32.3 Å². The summed E-state index contributed by atoms with van der Waals surface area (Å²) >= 11 is 1.84. The molecule has 1 saturated heterocycles. The number of hydrogen-bond donors (Lipinski definition) is 2. The summed E-state index contributed by atoms with van der Waals surface area (Å²) < 4.78 is 13.1. The fourth-order valence-corrected chi connectivity index (χ4v) is 3.45. The van der Waals surface area contributed by atoms with Gasteiger partial charge in [-0.15, -0.1) is 0 Å². The molecule has 2 N–H and O–H groups in total. The van der Waals surface area contributed by atoms with Crippen LogP contribution in [0.5, 0.6) is 0 Å². The summed E-state index contributed by atoms with van der Waals surface area (Å²) in [4.78, 5) is 0. The minimum absolute atomic E-state index is 0.0810. The Kier molecular flexibility index (Phi) is 3.40. The number of benzene rings is 1. The first-order chi connectivity index (χ1) is 7.66. The molecular formula is C12H16FNOS. The average Bonchev–Trinajstić information content (AvgIpc) is 2.61. The largest absolute Gasteiger partial charge is 0.394 e. The molecule has 2 rings (SSSR count). The van der Waals surface area contributed by atoms with Gasteiger partial charge in [-0.25, -0.2) is 4.39 Å². The lowest BCUT2D eigenvalue weighted by Crippen LogP contribution is -2.46. The molecule has 1 fully saturated rings. The highest BCUT2D eigenvalue weighted by Gasteiger charge is 2.40. The molecule has 16 heavy (non-hydrogen) atoms. The van der Waals surface area contributed by atoms with E-state index < -0.39 is 0 Å². The van der Waals surface area contributed by atoms with Crippen LogP contribution in [-0.4, -0.2) is 28.3 Å². The minimum atomic E-state index is -0.307. The maximum atomic E-state index is 13.1. The van der Waals surface area contributed by atoms with Gasteiger partial charge < -0.3 is 10.4 Å². The average molecular weight is 241 g/mol. The Labute approximate surface area is 99.2 Å².